The first-order valence-corrected chi connectivity index (χ1v) is 10.1. The highest BCUT2D eigenvalue weighted by molar-refractivity contribution is 6.28. The third-order valence-corrected chi connectivity index (χ3v) is 6.70. The monoisotopic (exact) mass is 370 g/mol. The summed E-state index contributed by atoms with van der Waals surface area (Å²) in [5.41, 5.74) is 7.61. The molecule has 0 aliphatic carbocycles. The average molecular weight is 370 g/mol. The fourth-order valence-corrected chi connectivity index (χ4v) is 5.17. The van der Waals surface area contributed by atoms with E-state index >= 15 is 0 Å². The van der Waals surface area contributed by atoms with Gasteiger partial charge in [-0.05, 0) is 59.3 Å². The number of benzene rings is 4. The van der Waals surface area contributed by atoms with Crippen LogP contribution in [0.2, 0.25) is 0 Å². The number of hydrogen-bond donors (Lipinski definition) is 0. The standard InChI is InChI=1S/C27H18N2/c1-15-7-9-20-21-10-8-17-11-12-28-25-22-13-18-5-3-4-6-19(18)14-23(22)29(26(20)16(15)2)27(21)24(17)25/h3-14H,1-2H3. The lowest BCUT2D eigenvalue weighted by Crippen LogP contribution is -1.95. The summed E-state index contributed by atoms with van der Waals surface area (Å²) in [7, 11) is 0. The molecule has 0 amide bonds. The highest BCUT2D eigenvalue weighted by Gasteiger charge is 2.20. The van der Waals surface area contributed by atoms with E-state index in [-0.39, 0.29) is 0 Å². The lowest BCUT2D eigenvalue weighted by molar-refractivity contribution is 1.29. The zero-order valence-electron chi connectivity index (χ0n) is 16.3. The number of aryl methyl sites for hydroxylation is 2. The van der Waals surface area contributed by atoms with E-state index in [0.717, 1.165) is 5.52 Å². The summed E-state index contributed by atoms with van der Waals surface area (Å²) in [6.45, 7) is 4.45. The predicted molar refractivity (Wildman–Crippen MR) is 123 cm³/mol. The van der Waals surface area contributed by atoms with E-state index < -0.39 is 0 Å². The SMILES string of the molecule is Cc1ccc2c3ccc4ccnc5c6cc7ccccc7cc6n(c2c1C)c3c45. The van der Waals surface area contributed by atoms with E-state index in [2.05, 4.69) is 85.0 Å². The van der Waals surface area contributed by atoms with Crippen molar-refractivity contribution >= 4 is 59.8 Å². The molecule has 0 radical (unpaired) electrons. The molecule has 7 aromatic rings. The Morgan fingerprint density at radius 2 is 1.45 bits per heavy atom. The molecule has 2 nitrogen and oxygen atoms in total. The minimum absolute atomic E-state index is 1.10. The Hall–Kier alpha value is -3.65. The number of nitrogens with zero attached hydrogens (tertiary/aromatic N) is 2. The summed E-state index contributed by atoms with van der Waals surface area (Å²) < 4.78 is 2.49. The Bertz CT molecular complexity index is 1770. The molecule has 0 saturated carbocycles. The Labute approximate surface area is 167 Å². The van der Waals surface area contributed by atoms with Crippen molar-refractivity contribution in [3.63, 3.8) is 0 Å². The van der Waals surface area contributed by atoms with Crippen molar-refractivity contribution in [3.05, 3.63) is 84.1 Å². The maximum atomic E-state index is 4.87. The Balaban J connectivity index is 1.95. The van der Waals surface area contributed by atoms with Gasteiger partial charge in [-0.15, -0.1) is 0 Å². The van der Waals surface area contributed by atoms with Gasteiger partial charge in [0.05, 0.1) is 22.1 Å². The van der Waals surface area contributed by atoms with Crippen LogP contribution >= 0.6 is 0 Å². The van der Waals surface area contributed by atoms with Crippen LogP contribution in [0.15, 0.2) is 72.9 Å². The molecule has 0 bridgehead atoms. The number of rotatable bonds is 0. The maximum Gasteiger partial charge on any atom is 0.0822 e. The van der Waals surface area contributed by atoms with Crippen LogP contribution in [0.3, 0.4) is 0 Å². The van der Waals surface area contributed by atoms with Gasteiger partial charge in [0.15, 0.2) is 0 Å². The van der Waals surface area contributed by atoms with Gasteiger partial charge in [-0.3, -0.25) is 4.98 Å². The molecule has 0 atom stereocenters. The molecule has 0 aliphatic rings. The van der Waals surface area contributed by atoms with Crippen LogP contribution in [0, 0.1) is 13.8 Å². The van der Waals surface area contributed by atoms with Crippen molar-refractivity contribution in [1.29, 1.82) is 0 Å². The van der Waals surface area contributed by atoms with Crippen molar-refractivity contribution in [2.45, 2.75) is 13.8 Å². The van der Waals surface area contributed by atoms with Gasteiger partial charge < -0.3 is 4.40 Å². The van der Waals surface area contributed by atoms with Crippen molar-refractivity contribution in [3.8, 4) is 0 Å². The van der Waals surface area contributed by atoms with E-state index in [1.807, 2.05) is 6.20 Å². The molecular formula is C27H18N2. The first-order chi connectivity index (χ1) is 14.2. The van der Waals surface area contributed by atoms with Crippen LogP contribution in [-0.2, 0) is 0 Å². The summed E-state index contributed by atoms with van der Waals surface area (Å²) >= 11 is 0. The molecule has 136 valence electrons. The molecule has 0 unspecified atom stereocenters. The van der Waals surface area contributed by atoms with Gasteiger partial charge in [0, 0.05) is 27.7 Å². The van der Waals surface area contributed by atoms with Crippen LogP contribution in [0.5, 0.6) is 0 Å². The van der Waals surface area contributed by atoms with Crippen molar-refractivity contribution in [1.82, 2.24) is 9.38 Å². The molecule has 0 fully saturated rings. The first-order valence-electron chi connectivity index (χ1n) is 10.1. The highest BCUT2D eigenvalue weighted by atomic mass is 14.9. The Kier molecular flexibility index (Phi) is 2.66. The summed E-state index contributed by atoms with van der Waals surface area (Å²) in [6, 6.07) is 24.4. The number of pyridine rings is 2. The number of fused-ring (bicyclic) bond motifs is 7. The van der Waals surface area contributed by atoms with Crippen LogP contribution in [-0.4, -0.2) is 9.38 Å². The second-order valence-corrected chi connectivity index (χ2v) is 8.17. The van der Waals surface area contributed by atoms with Gasteiger partial charge in [-0.2, -0.15) is 0 Å². The van der Waals surface area contributed by atoms with Crippen LogP contribution < -0.4 is 0 Å². The van der Waals surface area contributed by atoms with Crippen LogP contribution in [0.4, 0.5) is 0 Å². The summed E-state index contributed by atoms with van der Waals surface area (Å²) in [6.07, 6.45) is 1.94. The zero-order chi connectivity index (χ0) is 19.3. The molecular weight excluding hydrogens is 352 g/mol. The van der Waals surface area contributed by atoms with Crippen molar-refractivity contribution < 1.29 is 0 Å². The second-order valence-electron chi connectivity index (χ2n) is 8.17. The summed E-state index contributed by atoms with van der Waals surface area (Å²) in [5.74, 6) is 0. The molecule has 0 aliphatic heterocycles. The molecule has 4 aromatic carbocycles. The predicted octanol–water partition coefficient (Wildman–Crippen LogP) is 7.15. The third kappa shape index (κ3) is 1.75. The fraction of sp³-hybridized carbons (Fsp3) is 0.0741. The van der Waals surface area contributed by atoms with Gasteiger partial charge in [0.1, 0.15) is 0 Å². The average Bonchev–Trinajstić information content (AvgIpc) is 3.10. The molecule has 2 heteroatoms. The molecule has 0 spiro atoms. The van der Waals surface area contributed by atoms with Gasteiger partial charge in [-0.1, -0.05) is 48.5 Å². The lowest BCUT2D eigenvalue weighted by atomic mass is 10.0. The largest absolute Gasteiger partial charge is 0.308 e. The first kappa shape index (κ1) is 15.3. The van der Waals surface area contributed by atoms with E-state index in [1.54, 1.807) is 0 Å². The topological polar surface area (TPSA) is 17.3 Å². The lowest BCUT2D eigenvalue weighted by Gasteiger charge is -2.14. The minimum atomic E-state index is 1.10. The Morgan fingerprint density at radius 1 is 0.690 bits per heavy atom. The van der Waals surface area contributed by atoms with E-state index in [1.165, 1.54) is 65.4 Å². The maximum absolute atomic E-state index is 4.87. The highest BCUT2D eigenvalue weighted by Crippen LogP contribution is 2.42. The summed E-state index contributed by atoms with van der Waals surface area (Å²) in [5, 5.41) is 8.88. The normalized spacial score (nSPS) is 12.5. The molecule has 0 saturated heterocycles. The molecule has 0 N–H and O–H groups in total. The Morgan fingerprint density at radius 3 is 2.31 bits per heavy atom. The smallest absolute Gasteiger partial charge is 0.0822 e. The van der Waals surface area contributed by atoms with Crippen LogP contribution in [0.25, 0.3) is 59.8 Å². The van der Waals surface area contributed by atoms with Crippen molar-refractivity contribution in [2.75, 3.05) is 0 Å². The fourth-order valence-electron chi connectivity index (χ4n) is 5.17. The molecule has 3 heterocycles. The van der Waals surface area contributed by atoms with Gasteiger partial charge in [0.25, 0.3) is 0 Å². The summed E-state index contributed by atoms with van der Waals surface area (Å²) in [4.78, 5) is 4.87. The van der Waals surface area contributed by atoms with Crippen molar-refractivity contribution in [2.24, 2.45) is 0 Å². The molecule has 7 rings (SSSR count). The molecule has 29 heavy (non-hydrogen) atoms. The zero-order valence-corrected chi connectivity index (χ0v) is 16.3. The third-order valence-electron chi connectivity index (χ3n) is 6.70. The minimum Gasteiger partial charge on any atom is -0.308 e. The quantitative estimate of drug-likeness (QED) is 0.205. The number of aromatic nitrogens is 2. The van der Waals surface area contributed by atoms with Gasteiger partial charge in [-0.25, -0.2) is 0 Å². The van der Waals surface area contributed by atoms with E-state index in [0.29, 0.717) is 0 Å². The van der Waals surface area contributed by atoms with E-state index in [9.17, 15) is 0 Å². The molecule has 3 aromatic heterocycles. The van der Waals surface area contributed by atoms with Gasteiger partial charge in [0.2, 0.25) is 0 Å². The number of hydrogen-bond acceptors (Lipinski definition) is 1. The second kappa shape index (κ2) is 5.03. The van der Waals surface area contributed by atoms with Crippen LogP contribution in [0.1, 0.15) is 11.1 Å². The van der Waals surface area contributed by atoms with E-state index in [4.69, 9.17) is 4.98 Å². The van der Waals surface area contributed by atoms with Gasteiger partial charge >= 0.3 is 0 Å².